The van der Waals surface area contributed by atoms with Gasteiger partial charge >= 0.3 is 0 Å². The summed E-state index contributed by atoms with van der Waals surface area (Å²) in [5.74, 6) is 0.621. The van der Waals surface area contributed by atoms with Gasteiger partial charge in [-0.15, -0.1) is 5.10 Å². The first-order valence-corrected chi connectivity index (χ1v) is 7.61. The van der Waals surface area contributed by atoms with Gasteiger partial charge in [0, 0.05) is 18.0 Å². The molecule has 6 nitrogen and oxygen atoms in total. The molecule has 1 unspecified atom stereocenters. The van der Waals surface area contributed by atoms with Gasteiger partial charge in [-0.05, 0) is 18.9 Å². The van der Waals surface area contributed by atoms with Crippen LogP contribution in [0.3, 0.4) is 0 Å². The molecule has 0 amide bonds. The summed E-state index contributed by atoms with van der Waals surface area (Å²) in [6, 6.07) is 3.40. The summed E-state index contributed by atoms with van der Waals surface area (Å²) in [6.07, 6.45) is 3.94. The summed E-state index contributed by atoms with van der Waals surface area (Å²) in [5.41, 5.74) is 6.84. The Morgan fingerprint density at radius 1 is 1.39 bits per heavy atom. The Morgan fingerprint density at radius 2 is 2.22 bits per heavy atom. The normalized spacial score (nSPS) is 23.2. The number of hydrogen-bond acceptors (Lipinski definition) is 5. The Kier molecular flexibility index (Phi) is 2.51. The molecule has 1 atom stereocenters. The molecule has 0 bridgehead atoms. The van der Waals surface area contributed by atoms with Crippen molar-refractivity contribution in [2.24, 2.45) is 0 Å². The van der Waals surface area contributed by atoms with Crippen LogP contribution in [0.25, 0.3) is 5.65 Å². The molecular weight excluding hydrogens is 252 g/mol. The molecule has 0 spiro atoms. The van der Waals surface area contributed by atoms with Gasteiger partial charge < -0.3 is 5.73 Å². The lowest BCUT2D eigenvalue weighted by molar-refractivity contribution is 0.538. The van der Waals surface area contributed by atoms with Crippen molar-refractivity contribution in [1.82, 2.24) is 14.6 Å². The maximum absolute atomic E-state index is 12.0. The molecule has 0 aromatic carbocycles. The summed E-state index contributed by atoms with van der Waals surface area (Å²) in [4.78, 5) is 4.29. The van der Waals surface area contributed by atoms with Crippen molar-refractivity contribution >= 4 is 21.2 Å². The quantitative estimate of drug-likeness (QED) is 0.830. The van der Waals surface area contributed by atoms with E-state index in [1.807, 2.05) is 0 Å². The second-order valence-electron chi connectivity index (χ2n) is 4.58. The molecule has 3 heterocycles. The van der Waals surface area contributed by atoms with E-state index < -0.39 is 15.1 Å². The number of anilines is 1. The average Bonchev–Trinajstić information content (AvgIpc) is 2.70. The Hall–Kier alpha value is -1.63. The average molecular weight is 266 g/mol. The lowest BCUT2D eigenvalue weighted by Crippen LogP contribution is -2.22. The van der Waals surface area contributed by atoms with E-state index >= 15 is 0 Å². The molecule has 0 radical (unpaired) electrons. The number of nitrogen functional groups attached to an aromatic ring is 1. The highest BCUT2D eigenvalue weighted by Crippen LogP contribution is 2.31. The van der Waals surface area contributed by atoms with Crippen LogP contribution < -0.4 is 5.73 Å². The van der Waals surface area contributed by atoms with Gasteiger partial charge in [-0.25, -0.2) is 17.9 Å². The zero-order valence-electron chi connectivity index (χ0n) is 9.78. The number of nitrogens with zero attached hydrogens (tertiary/aromatic N) is 3. The first kappa shape index (κ1) is 11.5. The number of pyridine rings is 1. The standard InChI is InChI=1S/C11H14N4O2S/c12-8-4-5-15-10(7-8)13-11(14-15)9-3-1-2-6-18(9,16)17/h4-5,7,9H,1-3,6,12H2. The fourth-order valence-electron chi connectivity index (χ4n) is 2.30. The number of hydrogen-bond donors (Lipinski definition) is 1. The van der Waals surface area contributed by atoms with Crippen LogP contribution in [0.15, 0.2) is 18.3 Å². The zero-order valence-corrected chi connectivity index (χ0v) is 10.6. The van der Waals surface area contributed by atoms with Crippen molar-refractivity contribution in [3.8, 4) is 0 Å². The van der Waals surface area contributed by atoms with Crippen molar-refractivity contribution in [3.63, 3.8) is 0 Å². The summed E-state index contributed by atoms with van der Waals surface area (Å²) in [6.45, 7) is 0. The summed E-state index contributed by atoms with van der Waals surface area (Å²) in [5, 5.41) is 3.68. The lowest BCUT2D eigenvalue weighted by Gasteiger charge is -2.19. The molecule has 96 valence electrons. The molecule has 1 fully saturated rings. The monoisotopic (exact) mass is 266 g/mol. The van der Waals surface area contributed by atoms with E-state index in [2.05, 4.69) is 10.1 Å². The molecule has 18 heavy (non-hydrogen) atoms. The number of aromatic nitrogens is 3. The van der Waals surface area contributed by atoms with Gasteiger partial charge in [-0.3, -0.25) is 0 Å². The summed E-state index contributed by atoms with van der Waals surface area (Å²) >= 11 is 0. The molecule has 0 saturated carbocycles. The highest BCUT2D eigenvalue weighted by Gasteiger charge is 2.33. The third-order valence-electron chi connectivity index (χ3n) is 3.24. The number of rotatable bonds is 1. The van der Waals surface area contributed by atoms with E-state index in [-0.39, 0.29) is 5.75 Å². The second-order valence-corrected chi connectivity index (χ2v) is 6.89. The molecule has 1 aliphatic heterocycles. The van der Waals surface area contributed by atoms with Crippen molar-refractivity contribution in [2.45, 2.75) is 24.5 Å². The van der Waals surface area contributed by atoms with Crippen LogP contribution in [0.4, 0.5) is 5.69 Å². The Balaban J connectivity index is 2.08. The lowest BCUT2D eigenvalue weighted by atomic mass is 10.2. The number of nitrogens with two attached hydrogens (primary N) is 1. The minimum Gasteiger partial charge on any atom is -0.399 e. The first-order valence-electron chi connectivity index (χ1n) is 5.90. The van der Waals surface area contributed by atoms with Crippen molar-refractivity contribution in [2.75, 3.05) is 11.5 Å². The van der Waals surface area contributed by atoms with Gasteiger partial charge in [-0.1, -0.05) is 6.42 Å². The van der Waals surface area contributed by atoms with Crippen molar-refractivity contribution in [1.29, 1.82) is 0 Å². The predicted molar refractivity (Wildman–Crippen MR) is 67.8 cm³/mol. The van der Waals surface area contributed by atoms with Gasteiger partial charge in [-0.2, -0.15) is 0 Å². The smallest absolute Gasteiger partial charge is 0.169 e. The highest BCUT2D eigenvalue weighted by atomic mass is 32.2. The largest absolute Gasteiger partial charge is 0.399 e. The van der Waals surface area contributed by atoms with E-state index in [1.54, 1.807) is 22.8 Å². The molecule has 3 rings (SSSR count). The van der Waals surface area contributed by atoms with Crippen LogP contribution in [0.2, 0.25) is 0 Å². The van der Waals surface area contributed by atoms with E-state index in [9.17, 15) is 8.42 Å². The minimum absolute atomic E-state index is 0.232. The second kappa shape index (κ2) is 3.94. The predicted octanol–water partition coefficient (Wildman–Crippen LogP) is 0.951. The summed E-state index contributed by atoms with van der Waals surface area (Å²) < 4.78 is 25.6. The molecule has 7 heteroatoms. The molecule has 0 aliphatic carbocycles. The minimum atomic E-state index is -3.10. The maximum atomic E-state index is 12.0. The van der Waals surface area contributed by atoms with E-state index in [4.69, 9.17) is 5.73 Å². The first-order chi connectivity index (χ1) is 8.56. The maximum Gasteiger partial charge on any atom is 0.169 e. The van der Waals surface area contributed by atoms with Crippen LogP contribution in [-0.2, 0) is 9.84 Å². The number of sulfone groups is 1. The van der Waals surface area contributed by atoms with Crippen LogP contribution in [0, 0.1) is 0 Å². The summed E-state index contributed by atoms with van der Waals surface area (Å²) in [7, 11) is -3.10. The molecule has 2 aromatic rings. The third kappa shape index (κ3) is 1.84. The van der Waals surface area contributed by atoms with Crippen molar-refractivity contribution in [3.05, 3.63) is 24.2 Å². The van der Waals surface area contributed by atoms with Gasteiger partial charge in [0.1, 0.15) is 5.25 Å². The third-order valence-corrected chi connectivity index (χ3v) is 5.42. The van der Waals surface area contributed by atoms with Gasteiger partial charge in [0.05, 0.1) is 5.75 Å². The van der Waals surface area contributed by atoms with Crippen LogP contribution in [0.1, 0.15) is 30.3 Å². The number of fused-ring (bicyclic) bond motifs is 1. The highest BCUT2D eigenvalue weighted by molar-refractivity contribution is 7.91. The van der Waals surface area contributed by atoms with Crippen molar-refractivity contribution < 1.29 is 8.42 Å². The van der Waals surface area contributed by atoms with E-state index in [0.717, 1.165) is 12.8 Å². The molecule has 1 aliphatic rings. The topological polar surface area (TPSA) is 90.4 Å². The zero-order chi connectivity index (χ0) is 12.8. The van der Waals surface area contributed by atoms with Crippen LogP contribution in [-0.4, -0.2) is 28.8 Å². The van der Waals surface area contributed by atoms with Crippen LogP contribution >= 0.6 is 0 Å². The fourth-order valence-corrected chi connectivity index (χ4v) is 4.13. The van der Waals surface area contributed by atoms with Gasteiger partial charge in [0.15, 0.2) is 21.3 Å². The van der Waals surface area contributed by atoms with Gasteiger partial charge in [0.25, 0.3) is 0 Å². The Morgan fingerprint density at radius 3 is 3.00 bits per heavy atom. The molecular formula is C11H14N4O2S. The van der Waals surface area contributed by atoms with E-state index in [1.165, 1.54) is 0 Å². The Bertz CT molecular complexity index is 692. The molecule has 1 saturated heterocycles. The SMILES string of the molecule is Nc1ccn2nc(C3CCCCS3(=O)=O)nc2c1. The fraction of sp³-hybridized carbons (Fsp3) is 0.455. The molecule has 2 N–H and O–H groups in total. The van der Waals surface area contributed by atoms with Crippen LogP contribution in [0.5, 0.6) is 0 Å². The Labute approximate surface area is 105 Å². The van der Waals surface area contributed by atoms with Gasteiger partial charge in [0.2, 0.25) is 0 Å². The molecule has 2 aromatic heterocycles. The van der Waals surface area contributed by atoms with E-state index in [0.29, 0.717) is 23.6 Å².